The lowest BCUT2D eigenvalue weighted by molar-refractivity contribution is 0.100. The molecule has 0 bridgehead atoms. The number of carbonyl (C=O) groups excluding carboxylic acids is 1. The number of nitrogens with zero attached hydrogens (tertiary/aromatic N) is 6. The average Bonchev–Trinajstić information content (AvgIpc) is 2.94. The molecule has 2 heterocycles. The van der Waals surface area contributed by atoms with Gasteiger partial charge in [-0.2, -0.15) is 20.1 Å². The smallest absolute Gasteiger partial charge is 0.257 e. The normalized spacial score (nSPS) is 10.4. The number of nitrogens with one attached hydrogen (secondary N) is 1. The minimum Gasteiger partial charge on any atom is -0.366 e. The van der Waals surface area contributed by atoms with Crippen molar-refractivity contribution in [3.63, 3.8) is 0 Å². The molecule has 0 atom stereocenters. The summed E-state index contributed by atoms with van der Waals surface area (Å²) in [4.78, 5) is 25.8. The first-order chi connectivity index (χ1) is 10.0. The van der Waals surface area contributed by atoms with Gasteiger partial charge >= 0.3 is 0 Å². The standard InChI is InChI=1S/C12H18N8O/c1-4-5-14-10-16-11(19(2)3)18-12(17-10)20-7-8(6-15-20)9(13)21/h6-7H,4-5H2,1-3H3,(H2,13,21)(H,14,16,17,18). The minimum absolute atomic E-state index is 0.296. The lowest BCUT2D eigenvalue weighted by atomic mass is 10.4. The number of hydrogen-bond donors (Lipinski definition) is 2. The van der Waals surface area contributed by atoms with Gasteiger partial charge in [-0.25, -0.2) is 4.68 Å². The summed E-state index contributed by atoms with van der Waals surface area (Å²) >= 11 is 0. The van der Waals surface area contributed by atoms with E-state index in [2.05, 4.69) is 32.3 Å². The van der Waals surface area contributed by atoms with Crippen LogP contribution in [0, 0.1) is 0 Å². The molecule has 2 aromatic heterocycles. The third-order valence-corrected chi connectivity index (χ3v) is 2.62. The van der Waals surface area contributed by atoms with Gasteiger partial charge in [-0.15, -0.1) is 0 Å². The van der Waals surface area contributed by atoms with Crippen LogP contribution in [-0.4, -0.2) is 51.3 Å². The number of carbonyl (C=O) groups is 1. The zero-order chi connectivity index (χ0) is 15.4. The first-order valence-electron chi connectivity index (χ1n) is 6.53. The van der Waals surface area contributed by atoms with E-state index in [1.807, 2.05) is 14.1 Å². The van der Waals surface area contributed by atoms with E-state index in [9.17, 15) is 4.79 Å². The van der Waals surface area contributed by atoms with Crippen molar-refractivity contribution in [3.8, 4) is 5.95 Å². The molecule has 0 fully saturated rings. The Balaban J connectivity index is 2.40. The van der Waals surface area contributed by atoms with Gasteiger partial charge in [0, 0.05) is 26.8 Å². The maximum absolute atomic E-state index is 11.1. The van der Waals surface area contributed by atoms with Gasteiger partial charge in [0.05, 0.1) is 11.8 Å². The van der Waals surface area contributed by atoms with Crippen LogP contribution in [0.5, 0.6) is 0 Å². The molecule has 0 aromatic carbocycles. The van der Waals surface area contributed by atoms with Crippen LogP contribution in [0.1, 0.15) is 23.7 Å². The second kappa shape index (κ2) is 6.16. The monoisotopic (exact) mass is 290 g/mol. The van der Waals surface area contributed by atoms with E-state index in [1.54, 1.807) is 4.90 Å². The van der Waals surface area contributed by atoms with Crippen LogP contribution in [0.15, 0.2) is 12.4 Å². The quantitative estimate of drug-likeness (QED) is 0.772. The molecule has 0 aliphatic carbocycles. The Morgan fingerprint density at radius 3 is 2.71 bits per heavy atom. The summed E-state index contributed by atoms with van der Waals surface area (Å²) in [5.41, 5.74) is 5.51. The first-order valence-corrected chi connectivity index (χ1v) is 6.53. The summed E-state index contributed by atoms with van der Waals surface area (Å²) in [5, 5.41) is 7.15. The van der Waals surface area contributed by atoms with Crippen LogP contribution in [-0.2, 0) is 0 Å². The average molecular weight is 290 g/mol. The molecule has 9 nitrogen and oxygen atoms in total. The highest BCUT2D eigenvalue weighted by atomic mass is 16.1. The van der Waals surface area contributed by atoms with E-state index in [4.69, 9.17) is 5.73 Å². The maximum atomic E-state index is 11.1. The zero-order valence-corrected chi connectivity index (χ0v) is 12.2. The Hall–Kier alpha value is -2.71. The topological polar surface area (TPSA) is 115 Å². The molecule has 2 aromatic rings. The minimum atomic E-state index is -0.549. The Kier molecular flexibility index (Phi) is 4.31. The van der Waals surface area contributed by atoms with E-state index < -0.39 is 5.91 Å². The Morgan fingerprint density at radius 2 is 2.14 bits per heavy atom. The predicted octanol–water partition coefficient (Wildman–Crippen LogP) is 0.0441. The lowest BCUT2D eigenvalue weighted by Gasteiger charge is -2.13. The van der Waals surface area contributed by atoms with Crippen LogP contribution in [0.2, 0.25) is 0 Å². The van der Waals surface area contributed by atoms with Crippen LogP contribution in [0.25, 0.3) is 5.95 Å². The fraction of sp³-hybridized carbons (Fsp3) is 0.417. The number of rotatable bonds is 6. The van der Waals surface area contributed by atoms with Gasteiger partial charge in [0.1, 0.15) is 0 Å². The summed E-state index contributed by atoms with van der Waals surface area (Å²) in [6.07, 6.45) is 3.81. The molecule has 0 aliphatic heterocycles. The van der Waals surface area contributed by atoms with E-state index in [-0.39, 0.29) is 0 Å². The van der Waals surface area contributed by atoms with E-state index >= 15 is 0 Å². The lowest BCUT2D eigenvalue weighted by Crippen LogP contribution is -2.18. The molecule has 2 rings (SSSR count). The highest BCUT2D eigenvalue weighted by Crippen LogP contribution is 2.11. The van der Waals surface area contributed by atoms with Gasteiger partial charge in [0.2, 0.25) is 11.9 Å². The first kappa shape index (κ1) is 14.7. The Bertz CT molecular complexity index is 636. The van der Waals surface area contributed by atoms with Crippen LogP contribution < -0.4 is 16.0 Å². The van der Waals surface area contributed by atoms with Crippen molar-refractivity contribution in [1.29, 1.82) is 0 Å². The molecule has 112 valence electrons. The van der Waals surface area contributed by atoms with E-state index in [0.717, 1.165) is 13.0 Å². The number of nitrogens with two attached hydrogens (primary N) is 1. The van der Waals surface area contributed by atoms with E-state index in [1.165, 1.54) is 17.1 Å². The molecule has 0 saturated heterocycles. The van der Waals surface area contributed by atoms with Gasteiger partial charge in [0.25, 0.3) is 11.9 Å². The summed E-state index contributed by atoms with van der Waals surface area (Å²) < 4.78 is 1.39. The highest BCUT2D eigenvalue weighted by Gasteiger charge is 2.12. The fourth-order valence-corrected chi connectivity index (χ4v) is 1.53. The molecular formula is C12H18N8O. The molecule has 0 saturated carbocycles. The van der Waals surface area contributed by atoms with Crippen molar-refractivity contribution in [2.75, 3.05) is 30.9 Å². The molecule has 1 amide bonds. The molecule has 0 radical (unpaired) electrons. The molecule has 0 aliphatic rings. The van der Waals surface area contributed by atoms with Crippen molar-refractivity contribution in [1.82, 2.24) is 24.7 Å². The Labute approximate surface area is 122 Å². The van der Waals surface area contributed by atoms with Gasteiger partial charge < -0.3 is 16.0 Å². The van der Waals surface area contributed by atoms with Crippen molar-refractivity contribution < 1.29 is 4.79 Å². The molecular weight excluding hydrogens is 272 g/mol. The van der Waals surface area contributed by atoms with Crippen molar-refractivity contribution in [2.24, 2.45) is 5.73 Å². The van der Waals surface area contributed by atoms with Gasteiger partial charge in [-0.05, 0) is 6.42 Å². The largest absolute Gasteiger partial charge is 0.366 e. The third kappa shape index (κ3) is 3.44. The summed E-state index contributed by atoms with van der Waals surface area (Å²) in [6, 6.07) is 0. The van der Waals surface area contributed by atoms with Crippen LogP contribution in [0.4, 0.5) is 11.9 Å². The van der Waals surface area contributed by atoms with Gasteiger partial charge in [-0.1, -0.05) is 6.92 Å². The van der Waals surface area contributed by atoms with Crippen molar-refractivity contribution in [3.05, 3.63) is 18.0 Å². The Morgan fingerprint density at radius 1 is 1.38 bits per heavy atom. The number of aromatic nitrogens is 5. The van der Waals surface area contributed by atoms with Crippen LogP contribution in [0.3, 0.4) is 0 Å². The molecule has 21 heavy (non-hydrogen) atoms. The van der Waals surface area contributed by atoms with Gasteiger partial charge in [-0.3, -0.25) is 4.79 Å². The summed E-state index contributed by atoms with van der Waals surface area (Å²) in [5.74, 6) is 0.726. The van der Waals surface area contributed by atoms with E-state index in [0.29, 0.717) is 23.4 Å². The van der Waals surface area contributed by atoms with Gasteiger partial charge in [0.15, 0.2) is 0 Å². The SMILES string of the molecule is CCCNc1nc(N(C)C)nc(-n2cc(C(N)=O)cn2)n1. The zero-order valence-electron chi connectivity index (χ0n) is 12.2. The number of hydrogen-bond acceptors (Lipinski definition) is 7. The van der Waals surface area contributed by atoms with Crippen molar-refractivity contribution >= 4 is 17.8 Å². The highest BCUT2D eigenvalue weighted by molar-refractivity contribution is 5.92. The summed E-state index contributed by atoms with van der Waals surface area (Å²) in [7, 11) is 3.67. The molecule has 0 spiro atoms. The number of amides is 1. The second-order valence-corrected chi connectivity index (χ2v) is 4.62. The summed E-state index contributed by atoms with van der Waals surface area (Å²) in [6.45, 7) is 2.80. The maximum Gasteiger partial charge on any atom is 0.257 e. The molecule has 0 unspecified atom stereocenters. The van der Waals surface area contributed by atoms with Crippen LogP contribution >= 0.6 is 0 Å². The molecule has 3 N–H and O–H groups in total. The third-order valence-electron chi connectivity index (χ3n) is 2.62. The number of primary amides is 1. The van der Waals surface area contributed by atoms with Crippen molar-refractivity contribution in [2.45, 2.75) is 13.3 Å². The second-order valence-electron chi connectivity index (χ2n) is 4.62. The number of anilines is 2. The predicted molar refractivity (Wildman–Crippen MR) is 78.6 cm³/mol. The fourth-order valence-electron chi connectivity index (χ4n) is 1.53. The molecule has 9 heteroatoms.